The smallest absolute Gasteiger partial charge is 0.129 e. The van der Waals surface area contributed by atoms with Gasteiger partial charge in [-0.2, -0.15) is 0 Å². The minimum atomic E-state index is 0.402. The van der Waals surface area contributed by atoms with Gasteiger partial charge in [0.05, 0.1) is 14.2 Å². The Kier molecular flexibility index (Phi) is 6.82. The summed E-state index contributed by atoms with van der Waals surface area (Å²) in [6.07, 6.45) is 0. The Balaban J connectivity index is 1.66. The fraction of sp³-hybridized carbons (Fsp3) is 0.217. The zero-order valence-electron chi connectivity index (χ0n) is 16.2. The number of benzene rings is 3. The van der Waals surface area contributed by atoms with Gasteiger partial charge in [-0.25, -0.2) is 0 Å². The first-order valence-corrected chi connectivity index (χ1v) is 9.70. The van der Waals surface area contributed by atoms with E-state index in [1.807, 2.05) is 60.7 Å². The van der Waals surface area contributed by atoms with Crippen molar-refractivity contribution in [2.24, 2.45) is 0 Å². The van der Waals surface area contributed by atoms with Gasteiger partial charge in [-0.05, 0) is 43.3 Å². The summed E-state index contributed by atoms with van der Waals surface area (Å²) in [4.78, 5) is 0. The Morgan fingerprint density at radius 2 is 1.21 bits per heavy atom. The minimum Gasteiger partial charge on any atom is -0.496 e. The van der Waals surface area contributed by atoms with E-state index < -0.39 is 0 Å². The molecule has 0 aromatic heterocycles. The molecule has 0 fully saturated rings. The molecule has 5 heteroatoms. The van der Waals surface area contributed by atoms with Gasteiger partial charge in [-0.3, -0.25) is 0 Å². The highest BCUT2D eigenvalue weighted by molar-refractivity contribution is 9.10. The summed E-state index contributed by atoms with van der Waals surface area (Å²) in [6, 6.07) is 19.6. The SMILES string of the molecule is COc1cc(Br)ccc1COc1ccc(COc2ccc(C)cc2)c(OC)c1. The molecule has 3 aromatic rings. The second-order valence-electron chi connectivity index (χ2n) is 6.32. The molecule has 0 unspecified atom stereocenters. The average Bonchev–Trinajstić information content (AvgIpc) is 2.72. The molecule has 146 valence electrons. The molecule has 0 aliphatic carbocycles. The maximum Gasteiger partial charge on any atom is 0.129 e. The molecular formula is C23H23BrO4. The number of halogens is 1. The third kappa shape index (κ3) is 5.20. The summed E-state index contributed by atoms with van der Waals surface area (Å²) < 4.78 is 23.7. The molecule has 28 heavy (non-hydrogen) atoms. The van der Waals surface area contributed by atoms with Crippen LogP contribution in [0.2, 0.25) is 0 Å². The molecule has 4 nitrogen and oxygen atoms in total. The van der Waals surface area contributed by atoms with Crippen LogP contribution >= 0.6 is 15.9 Å². The fourth-order valence-electron chi connectivity index (χ4n) is 2.73. The van der Waals surface area contributed by atoms with E-state index in [9.17, 15) is 0 Å². The van der Waals surface area contributed by atoms with Gasteiger partial charge in [-0.15, -0.1) is 0 Å². The topological polar surface area (TPSA) is 36.9 Å². The van der Waals surface area contributed by atoms with E-state index in [1.54, 1.807) is 14.2 Å². The molecule has 0 spiro atoms. The summed E-state index contributed by atoms with van der Waals surface area (Å²) >= 11 is 3.45. The molecule has 0 heterocycles. The standard InChI is InChI=1S/C23H23BrO4/c1-16-4-9-20(10-5-16)27-14-18-7-11-21(13-23(18)26-3)28-15-17-6-8-19(24)12-22(17)25-2/h4-13H,14-15H2,1-3H3. The maximum absolute atomic E-state index is 5.93. The lowest BCUT2D eigenvalue weighted by Crippen LogP contribution is -2.01. The molecule has 0 N–H and O–H groups in total. The van der Waals surface area contributed by atoms with E-state index in [4.69, 9.17) is 18.9 Å². The van der Waals surface area contributed by atoms with Crippen molar-refractivity contribution in [2.75, 3.05) is 14.2 Å². The van der Waals surface area contributed by atoms with Crippen molar-refractivity contribution in [3.05, 3.63) is 81.8 Å². The quantitative estimate of drug-likeness (QED) is 0.432. The van der Waals surface area contributed by atoms with E-state index in [0.29, 0.717) is 13.2 Å². The van der Waals surface area contributed by atoms with Crippen molar-refractivity contribution in [1.82, 2.24) is 0 Å². The number of hydrogen-bond donors (Lipinski definition) is 0. The van der Waals surface area contributed by atoms with Crippen LogP contribution in [0.3, 0.4) is 0 Å². The molecule has 0 saturated carbocycles. The summed E-state index contributed by atoms with van der Waals surface area (Å²) in [5.41, 5.74) is 3.13. The van der Waals surface area contributed by atoms with Gasteiger partial charge in [0.15, 0.2) is 0 Å². The number of aryl methyl sites for hydroxylation is 1. The Hall–Kier alpha value is -2.66. The molecule has 3 rings (SSSR count). The molecule has 0 bridgehead atoms. The fourth-order valence-corrected chi connectivity index (χ4v) is 3.07. The van der Waals surface area contributed by atoms with Crippen molar-refractivity contribution in [2.45, 2.75) is 20.1 Å². The number of methoxy groups -OCH3 is 2. The molecular weight excluding hydrogens is 420 g/mol. The average molecular weight is 443 g/mol. The van der Waals surface area contributed by atoms with Crippen LogP contribution < -0.4 is 18.9 Å². The van der Waals surface area contributed by atoms with Gasteiger partial charge in [0.1, 0.15) is 36.2 Å². The van der Waals surface area contributed by atoms with Crippen molar-refractivity contribution in [1.29, 1.82) is 0 Å². The van der Waals surface area contributed by atoms with Crippen molar-refractivity contribution in [3.8, 4) is 23.0 Å². The van der Waals surface area contributed by atoms with Gasteiger partial charge in [-0.1, -0.05) is 39.7 Å². The number of hydrogen-bond acceptors (Lipinski definition) is 4. The minimum absolute atomic E-state index is 0.402. The van der Waals surface area contributed by atoms with E-state index in [1.165, 1.54) is 5.56 Å². The predicted molar refractivity (Wildman–Crippen MR) is 114 cm³/mol. The molecule has 0 saturated heterocycles. The number of ether oxygens (including phenoxy) is 4. The largest absolute Gasteiger partial charge is 0.496 e. The van der Waals surface area contributed by atoms with Gasteiger partial charge >= 0.3 is 0 Å². The van der Waals surface area contributed by atoms with Crippen molar-refractivity contribution >= 4 is 15.9 Å². The first-order chi connectivity index (χ1) is 13.6. The lowest BCUT2D eigenvalue weighted by Gasteiger charge is -2.14. The molecule has 3 aromatic carbocycles. The molecule has 0 aliphatic rings. The predicted octanol–water partition coefficient (Wildman–Crippen LogP) is 5.93. The number of rotatable bonds is 8. The summed E-state index contributed by atoms with van der Waals surface area (Å²) in [7, 11) is 3.30. The van der Waals surface area contributed by atoms with E-state index in [0.717, 1.165) is 38.6 Å². The van der Waals surface area contributed by atoms with Crippen LogP contribution in [0.4, 0.5) is 0 Å². The van der Waals surface area contributed by atoms with Gasteiger partial charge in [0.2, 0.25) is 0 Å². The van der Waals surface area contributed by atoms with Crippen LogP contribution in [0.25, 0.3) is 0 Å². The van der Waals surface area contributed by atoms with Crippen LogP contribution in [-0.2, 0) is 13.2 Å². The van der Waals surface area contributed by atoms with Gasteiger partial charge in [0.25, 0.3) is 0 Å². The van der Waals surface area contributed by atoms with Crippen LogP contribution in [0.15, 0.2) is 65.1 Å². The van der Waals surface area contributed by atoms with Crippen LogP contribution in [0.5, 0.6) is 23.0 Å². The van der Waals surface area contributed by atoms with E-state index >= 15 is 0 Å². The lowest BCUT2D eigenvalue weighted by molar-refractivity contribution is 0.287. The first-order valence-electron chi connectivity index (χ1n) is 8.90. The zero-order valence-corrected chi connectivity index (χ0v) is 17.8. The second kappa shape index (κ2) is 9.51. The third-order valence-electron chi connectivity index (χ3n) is 4.32. The maximum atomic E-state index is 5.93. The summed E-state index contributed by atoms with van der Waals surface area (Å²) in [6.45, 7) is 2.88. The second-order valence-corrected chi connectivity index (χ2v) is 7.24. The van der Waals surface area contributed by atoms with Gasteiger partial charge in [0, 0.05) is 21.7 Å². The van der Waals surface area contributed by atoms with Gasteiger partial charge < -0.3 is 18.9 Å². The Labute approximate surface area is 174 Å². The van der Waals surface area contributed by atoms with Crippen molar-refractivity contribution in [3.63, 3.8) is 0 Å². The van der Waals surface area contributed by atoms with E-state index in [2.05, 4.69) is 22.9 Å². The Morgan fingerprint density at radius 3 is 1.86 bits per heavy atom. The molecule has 0 aliphatic heterocycles. The highest BCUT2D eigenvalue weighted by Gasteiger charge is 2.09. The summed E-state index contributed by atoms with van der Waals surface area (Å²) in [5.74, 6) is 3.06. The lowest BCUT2D eigenvalue weighted by atomic mass is 10.2. The molecule has 0 atom stereocenters. The third-order valence-corrected chi connectivity index (χ3v) is 4.81. The normalized spacial score (nSPS) is 10.4. The van der Waals surface area contributed by atoms with Crippen LogP contribution in [0.1, 0.15) is 16.7 Å². The highest BCUT2D eigenvalue weighted by atomic mass is 79.9. The van der Waals surface area contributed by atoms with E-state index in [-0.39, 0.29) is 0 Å². The van der Waals surface area contributed by atoms with Crippen LogP contribution in [-0.4, -0.2) is 14.2 Å². The summed E-state index contributed by atoms with van der Waals surface area (Å²) in [5, 5.41) is 0. The first kappa shape index (κ1) is 20.1. The Morgan fingerprint density at radius 1 is 0.679 bits per heavy atom. The molecule has 0 amide bonds. The zero-order chi connectivity index (χ0) is 19.9. The van der Waals surface area contributed by atoms with Crippen LogP contribution in [0, 0.1) is 6.92 Å². The Bertz CT molecular complexity index is 922. The van der Waals surface area contributed by atoms with Crippen molar-refractivity contribution < 1.29 is 18.9 Å². The monoisotopic (exact) mass is 442 g/mol. The highest BCUT2D eigenvalue weighted by Crippen LogP contribution is 2.29. The molecule has 0 radical (unpaired) electrons.